The van der Waals surface area contributed by atoms with Gasteiger partial charge in [-0.1, -0.05) is 0 Å². The fourth-order valence-electron chi connectivity index (χ4n) is 5.20. The smallest absolute Gasteiger partial charge is 0.368 e. The number of aromatic amines is 1. The van der Waals surface area contributed by atoms with Gasteiger partial charge in [-0.25, -0.2) is 9.78 Å². The number of hydrogen-bond donors (Lipinski definition) is 2. The molecule has 0 atom stereocenters. The van der Waals surface area contributed by atoms with Crippen LogP contribution in [0.4, 0.5) is 32.0 Å². The summed E-state index contributed by atoms with van der Waals surface area (Å²) in [6, 6.07) is 8.25. The van der Waals surface area contributed by atoms with Gasteiger partial charge in [0, 0.05) is 74.7 Å². The Hall–Kier alpha value is -4.59. The van der Waals surface area contributed by atoms with Crippen molar-refractivity contribution < 1.29 is 26.3 Å². The first kappa shape index (κ1) is 27.6. The summed E-state index contributed by atoms with van der Waals surface area (Å²) in [5.74, 6) is 0. The van der Waals surface area contributed by atoms with E-state index in [1.165, 1.54) is 48.4 Å². The highest BCUT2D eigenvalue weighted by Gasteiger charge is 2.36. The predicted molar refractivity (Wildman–Crippen MR) is 144 cm³/mol. The lowest BCUT2D eigenvalue weighted by Crippen LogP contribution is -2.44. The highest BCUT2D eigenvalue weighted by Crippen LogP contribution is 2.39. The molecule has 8 nitrogen and oxygen atoms in total. The number of alkyl halides is 6. The van der Waals surface area contributed by atoms with Crippen LogP contribution in [-0.4, -0.2) is 50.3 Å². The molecule has 0 saturated carbocycles. The molecule has 0 spiro atoms. The number of pyridine rings is 2. The van der Waals surface area contributed by atoms with Gasteiger partial charge in [-0.2, -0.15) is 26.3 Å². The van der Waals surface area contributed by atoms with Gasteiger partial charge in [-0.05, 0) is 42.0 Å². The van der Waals surface area contributed by atoms with Crippen molar-refractivity contribution in [1.82, 2.24) is 29.4 Å². The molecule has 42 heavy (non-hydrogen) atoms. The zero-order valence-corrected chi connectivity index (χ0v) is 22.0. The van der Waals surface area contributed by atoms with E-state index in [0.717, 1.165) is 16.8 Å². The van der Waals surface area contributed by atoms with Gasteiger partial charge in [0.1, 0.15) is 5.65 Å². The molecule has 0 amide bonds. The van der Waals surface area contributed by atoms with Crippen molar-refractivity contribution in [1.29, 1.82) is 0 Å². The van der Waals surface area contributed by atoms with E-state index in [4.69, 9.17) is 0 Å². The number of hydrogen-bond acceptors (Lipinski definition) is 5. The van der Waals surface area contributed by atoms with Crippen LogP contribution in [0.5, 0.6) is 0 Å². The van der Waals surface area contributed by atoms with E-state index >= 15 is 0 Å². The molecule has 2 N–H and O–H groups in total. The standard InChI is InChI=1S/C28H23F6N7O/c1-39-15-24(22-11-16(4-5-36-22)17-10-19-21(28(32,33)34)14-38-25(19)37-13-17)41(26(39)42)18-2-3-23(20(12-18)27(29,30)31)40-8-6-35-7-9-40/h2-5,10-15,35H,6-9H2,1H3,(H,37,38). The second kappa shape index (κ2) is 10.0. The lowest BCUT2D eigenvalue weighted by Gasteiger charge is -2.31. The van der Waals surface area contributed by atoms with Gasteiger partial charge in [0.25, 0.3) is 0 Å². The van der Waals surface area contributed by atoms with Gasteiger partial charge >= 0.3 is 18.0 Å². The second-order valence-corrected chi connectivity index (χ2v) is 9.93. The van der Waals surface area contributed by atoms with Crippen molar-refractivity contribution >= 4 is 16.7 Å². The van der Waals surface area contributed by atoms with E-state index in [1.807, 2.05) is 0 Å². The maximum absolute atomic E-state index is 14.2. The van der Waals surface area contributed by atoms with Crippen molar-refractivity contribution in [2.45, 2.75) is 12.4 Å². The molecule has 4 aromatic heterocycles. The molecule has 6 rings (SSSR count). The topological polar surface area (TPSA) is 83.8 Å². The van der Waals surface area contributed by atoms with Crippen molar-refractivity contribution in [3.63, 3.8) is 0 Å². The molecule has 1 aliphatic heterocycles. The van der Waals surface area contributed by atoms with Crippen molar-refractivity contribution in [3.05, 3.63) is 82.8 Å². The zero-order chi connectivity index (χ0) is 29.8. The van der Waals surface area contributed by atoms with Crippen LogP contribution in [0.15, 0.2) is 66.0 Å². The van der Waals surface area contributed by atoms with E-state index in [-0.39, 0.29) is 33.8 Å². The van der Waals surface area contributed by atoms with E-state index in [2.05, 4.69) is 20.3 Å². The normalized spacial score (nSPS) is 14.6. The highest BCUT2D eigenvalue weighted by atomic mass is 19.4. The molecule has 0 aliphatic carbocycles. The largest absolute Gasteiger partial charge is 0.418 e. The number of halogens is 6. The average Bonchev–Trinajstić information content (AvgIpc) is 3.53. The number of fused-ring (bicyclic) bond motifs is 1. The lowest BCUT2D eigenvalue weighted by atomic mass is 10.0. The molecule has 14 heteroatoms. The van der Waals surface area contributed by atoms with E-state index in [1.54, 1.807) is 17.0 Å². The Morgan fingerprint density at radius 2 is 1.62 bits per heavy atom. The minimum absolute atomic E-state index is 0.000703. The monoisotopic (exact) mass is 587 g/mol. The molecule has 0 unspecified atom stereocenters. The molecule has 218 valence electrons. The maximum Gasteiger partial charge on any atom is 0.418 e. The third-order valence-electron chi connectivity index (χ3n) is 7.24. The average molecular weight is 588 g/mol. The number of piperazine rings is 1. The number of aromatic nitrogens is 5. The fourth-order valence-corrected chi connectivity index (χ4v) is 5.20. The van der Waals surface area contributed by atoms with Crippen LogP contribution in [0, 0.1) is 0 Å². The van der Waals surface area contributed by atoms with Crippen LogP contribution >= 0.6 is 0 Å². The Kier molecular flexibility index (Phi) is 6.60. The number of H-pyrrole nitrogens is 1. The first-order valence-corrected chi connectivity index (χ1v) is 12.9. The molecule has 5 heterocycles. The molecule has 5 aromatic rings. The van der Waals surface area contributed by atoms with E-state index in [0.29, 0.717) is 37.3 Å². The Morgan fingerprint density at radius 1 is 0.881 bits per heavy atom. The number of imidazole rings is 1. The van der Waals surface area contributed by atoms with Crippen LogP contribution in [0.2, 0.25) is 0 Å². The molecule has 1 aromatic carbocycles. The van der Waals surface area contributed by atoms with Gasteiger partial charge in [0.2, 0.25) is 0 Å². The SMILES string of the molecule is Cn1cc(-c2cc(-c3cnc4[nH]cc(C(F)(F)F)c4c3)ccn2)n(-c2ccc(N3CCNCC3)c(C(F)(F)F)c2)c1=O. The van der Waals surface area contributed by atoms with Gasteiger partial charge in [0.15, 0.2) is 0 Å². The Morgan fingerprint density at radius 3 is 2.33 bits per heavy atom. The van der Waals surface area contributed by atoms with Crippen molar-refractivity contribution in [2.24, 2.45) is 7.05 Å². The summed E-state index contributed by atoms with van der Waals surface area (Å²) in [6.45, 7) is 1.91. The van der Waals surface area contributed by atoms with Crippen LogP contribution in [-0.2, 0) is 19.4 Å². The molecule has 1 fully saturated rings. The summed E-state index contributed by atoms with van der Waals surface area (Å²) in [6.07, 6.45) is -4.15. The van der Waals surface area contributed by atoms with E-state index in [9.17, 15) is 31.1 Å². The summed E-state index contributed by atoms with van der Waals surface area (Å²) in [7, 11) is 1.47. The molecule has 1 saturated heterocycles. The quantitative estimate of drug-likeness (QED) is 0.282. The van der Waals surface area contributed by atoms with Gasteiger partial charge in [-0.3, -0.25) is 9.55 Å². The summed E-state index contributed by atoms with van der Waals surface area (Å²) in [5.41, 5.74) is -0.956. The van der Waals surface area contributed by atoms with Crippen LogP contribution in [0.1, 0.15) is 11.1 Å². The second-order valence-electron chi connectivity index (χ2n) is 9.93. The summed E-state index contributed by atoms with van der Waals surface area (Å²) in [5, 5.41) is 3.00. The number of aryl methyl sites for hydroxylation is 1. The summed E-state index contributed by atoms with van der Waals surface area (Å²) < 4.78 is 85.5. The third kappa shape index (κ3) is 4.91. The molecular formula is C28H23F6N7O. The van der Waals surface area contributed by atoms with Gasteiger partial charge < -0.3 is 19.8 Å². The highest BCUT2D eigenvalue weighted by molar-refractivity contribution is 5.85. The van der Waals surface area contributed by atoms with Crippen molar-refractivity contribution in [2.75, 3.05) is 31.1 Å². The number of nitrogens with zero attached hydrogens (tertiary/aromatic N) is 5. The summed E-state index contributed by atoms with van der Waals surface area (Å²) >= 11 is 0. The Labute approximate surface area is 234 Å². The zero-order valence-electron chi connectivity index (χ0n) is 22.0. The predicted octanol–water partition coefficient (Wildman–Crippen LogP) is 5.23. The first-order chi connectivity index (χ1) is 19.9. The Balaban J connectivity index is 1.45. The maximum atomic E-state index is 14.2. The minimum Gasteiger partial charge on any atom is -0.368 e. The first-order valence-electron chi connectivity index (χ1n) is 12.9. The Bertz CT molecular complexity index is 1840. The van der Waals surface area contributed by atoms with Crippen LogP contribution < -0.4 is 15.9 Å². The number of benzene rings is 1. The molecule has 0 radical (unpaired) electrons. The number of anilines is 1. The van der Waals surface area contributed by atoms with Crippen LogP contribution in [0.3, 0.4) is 0 Å². The molecule has 0 bridgehead atoms. The van der Waals surface area contributed by atoms with E-state index < -0.39 is 29.2 Å². The number of nitrogens with one attached hydrogen (secondary N) is 2. The van der Waals surface area contributed by atoms with Gasteiger partial charge in [0.05, 0.1) is 28.2 Å². The fraction of sp³-hybridized carbons (Fsp3) is 0.250. The van der Waals surface area contributed by atoms with Crippen molar-refractivity contribution in [3.8, 4) is 28.2 Å². The summed E-state index contributed by atoms with van der Waals surface area (Å²) in [4.78, 5) is 25.8. The lowest BCUT2D eigenvalue weighted by molar-refractivity contribution is -0.137. The third-order valence-corrected chi connectivity index (χ3v) is 7.24. The van der Waals surface area contributed by atoms with Gasteiger partial charge in [-0.15, -0.1) is 0 Å². The molecular weight excluding hydrogens is 564 g/mol. The molecule has 1 aliphatic rings. The minimum atomic E-state index is -4.67. The number of rotatable bonds is 4. The van der Waals surface area contributed by atoms with Crippen LogP contribution in [0.25, 0.3) is 39.2 Å².